The topological polar surface area (TPSA) is 38.0 Å². The van der Waals surface area contributed by atoms with Crippen molar-refractivity contribution in [2.24, 2.45) is 0 Å². The van der Waals surface area contributed by atoms with Crippen molar-refractivity contribution in [2.45, 2.75) is 27.3 Å². The van der Waals surface area contributed by atoms with Crippen LogP contribution in [0.5, 0.6) is 0 Å². The molecule has 0 aliphatic rings. The molecule has 0 heterocycles. The van der Waals surface area contributed by atoms with E-state index in [4.69, 9.17) is 5.73 Å². The Morgan fingerprint density at radius 2 is 1.72 bits per heavy atom. The first-order valence-corrected chi connectivity index (χ1v) is 6.23. The van der Waals surface area contributed by atoms with Gasteiger partial charge in [-0.05, 0) is 49.1 Å². The van der Waals surface area contributed by atoms with Crippen molar-refractivity contribution in [3.63, 3.8) is 0 Å². The summed E-state index contributed by atoms with van der Waals surface area (Å²) in [6.45, 7) is 7.08. The third-order valence-electron chi connectivity index (χ3n) is 3.23. The highest BCUT2D eigenvalue weighted by Gasteiger charge is 2.04. The highest BCUT2D eigenvalue weighted by molar-refractivity contribution is 5.71. The Balaban J connectivity index is 2.19. The molecule has 0 amide bonds. The van der Waals surface area contributed by atoms with Crippen LogP contribution in [0.25, 0.3) is 0 Å². The van der Waals surface area contributed by atoms with E-state index in [-0.39, 0.29) is 0 Å². The fourth-order valence-corrected chi connectivity index (χ4v) is 2.23. The molecule has 0 aliphatic carbocycles. The van der Waals surface area contributed by atoms with Crippen LogP contribution in [0.2, 0.25) is 0 Å². The molecule has 0 saturated heterocycles. The van der Waals surface area contributed by atoms with Crippen LogP contribution < -0.4 is 11.1 Å². The molecule has 0 atom stereocenters. The zero-order valence-corrected chi connectivity index (χ0v) is 11.2. The number of nitrogens with two attached hydrogens (primary N) is 1. The molecule has 18 heavy (non-hydrogen) atoms. The van der Waals surface area contributed by atoms with Gasteiger partial charge in [0.2, 0.25) is 0 Å². The SMILES string of the molecule is Cc1cc(C)c(NCc2ccccc2C)c(N)c1. The highest BCUT2D eigenvalue weighted by atomic mass is 14.9. The summed E-state index contributed by atoms with van der Waals surface area (Å²) < 4.78 is 0. The second-order valence-electron chi connectivity index (χ2n) is 4.83. The lowest BCUT2D eigenvalue weighted by atomic mass is 10.1. The van der Waals surface area contributed by atoms with E-state index in [1.807, 2.05) is 6.07 Å². The molecule has 0 radical (unpaired) electrons. The van der Waals surface area contributed by atoms with Gasteiger partial charge in [0.1, 0.15) is 0 Å². The van der Waals surface area contributed by atoms with Gasteiger partial charge in [-0.1, -0.05) is 30.3 Å². The summed E-state index contributed by atoms with van der Waals surface area (Å²) in [6, 6.07) is 12.5. The molecule has 0 fully saturated rings. The first-order chi connectivity index (χ1) is 8.58. The molecule has 2 aromatic carbocycles. The molecule has 0 aliphatic heterocycles. The van der Waals surface area contributed by atoms with Gasteiger partial charge in [-0.15, -0.1) is 0 Å². The summed E-state index contributed by atoms with van der Waals surface area (Å²) in [5.74, 6) is 0. The number of aryl methyl sites for hydroxylation is 3. The van der Waals surface area contributed by atoms with E-state index in [1.54, 1.807) is 0 Å². The molecule has 2 heteroatoms. The van der Waals surface area contributed by atoms with E-state index < -0.39 is 0 Å². The Kier molecular flexibility index (Phi) is 3.56. The lowest BCUT2D eigenvalue weighted by Gasteiger charge is -2.14. The van der Waals surface area contributed by atoms with E-state index in [0.29, 0.717) is 0 Å². The van der Waals surface area contributed by atoms with E-state index >= 15 is 0 Å². The zero-order chi connectivity index (χ0) is 13.1. The van der Waals surface area contributed by atoms with Gasteiger partial charge in [0.15, 0.2) is 0 Å². The average molecular weight is 240 g/mol. The summed E-state index contributed by atoms with van der Waals surface area (Å²) in [4.78, 5) is 0. The molecule has 0 saturated carbocycles. The van der Waals surface area contributed by atoms with Gasteiger partial charge in [0.25, 0.3) is 0 Å². The molecule has 0 spiro atoms. The predicted octanol–water partition coefficient (Wildman–Crippen LogP) is 3.81. The van der Waals surface area contributed by atoms with Gasteiger partial charge in [-0.3, -0.25) is 0 Å². The predicted molar refractivity (Wildman–Crippen MR) is 78.8 cm³/mol. The van der Waals surface area contributed by atoms with Crippen molar-refractivity contribution in [3.8, 4) is 0 Å². The Bertz CT molecular complexity index is 536. The van der Waals surface area contributed by atoms with Crippen molar-refractivity contribution in [1.82, 2.24) is 0 Å². The first kappa shape index (κ1) is 12.5. The van der Waals surface area contributed by atoms with Crippen LogP contribution in [0, 0.1) is 20.8 Å². The number of rotatable bonds is 3. The van der Waals surface area contributed by atoms with Crippen LogP contribution in [0.4, 0.5) is 11.4 Å². The van der Waals surface area contributed by atoms with Gasteiger partial charge in [0.05, 0.1) is 11.4 Å². The summed E-state index contributed by atoms with van der Waals surface area (Å²) in [5.41, 5.74) is 12.9. The number of nitrogens with one attached hydrogen (secondary N) is 1. The van der Waals surface area contributed by atoms with Crippen LogP contribution >= 0.6 is 0 Å². The molecule has 2 aromatic rings. The quantitative estimate of drug-likeness (QED) is 0.801. The van der Waals surface area contributed by atoms with Crippen LogP contribution in [0.15, 0.2) is 36.4 Å². The van der Waals surface area contributed by atoms with Gasteiger partial charge in [-0.2, -0.15) is 0 Å². The minimum absolute atomic E-state index is 0.806. The second kappa shape index (κ2) is 5.13. The molecule has 0 bridgehead atoms. The van der Waals surface area contributed by atoms with Crippen LogP contribution in [0.1, 0.15) is 22.3 Å². The van der Waals surface area contributed by atoms with Gasteiger partial charge < -0.3 is 11.1 Å². The van der Waals surface area contributed by atoms with Gasteiger partial charge >= 0.3 is 0 Å². The lowest BCUT2D eigenvalue weighted by Crippen LogP contribution is -2.05. The number of nitrogen functional groups attached to an aromatic ring is 1. The standard InChI is InChI=1S/C16H20N2/c1-11-8-13(3)16(15(17)9-11)18-10-14-7-5-4-6-12(14)2/h4-9,18H,10,17H2,1-3H3. The van der Waals surface area contributed by atoms with Crippen molar-refractivity contribution in [1.29, 1.82) is 0 Å². The molecular formula is C16H20N2. The lowest BCUT2D eigenvalue weighted by molar-refractivity contribution is 1.11. The zero-order valence-electron chi connectivity index (χ0n) is 11.2. The maximum absolute atomic E-state index is 6.06. The minimum Gasteiger partial charge on any atom is -0.397 e. The molecule has 3 N–H and O–H groups in total. The number of hydrogen-bond acceptors (Lipinski definition) is 2. The molecule has 94 valence electrons. The van der Waals surface area contributed by atoms with Crippen molar-refractivity contribution >= 4 is 11.4 Å². The molecule has 0 unspecified atom stereocenters. The third-order valence-corrected chi connectivity index (χ3v) is 3.23. The Morgan fingerprint density at radius 1 is 1.00 bits per heavy atom. The second-order valence-corrected chi connectivity index (χ2v) is 4.83. The van der Waals surface area contributed by atoms with Crippen molar-refractivity contribution in [2.75, 3.05) is 11.1 Å². The van der Waals surface area contributed by atoms with Crippen molar-refractivity contribution < 1.29 is 0 Å². The fourth-order valence-electron chi connectivity index (χ4n) is 2.23. The van der Waals surface area contributed by atoms with Gasteiger partial charge in [-0.25, -0.2) is 0 Å². The summed E-state index contributed by atoms with van der Waals surface area (Å²) in [7, 11) is 0. The maximum Gasteiger partial charge on any atom is 0.0606 e. The minimum atomic E-state index is 0.806. The number of hydrogen-bond donors (Lipinski definition) is 2. The van der Waals surface area contributed by atoms with E-state index in [2.05, 4.69) is 56.4 Å². The van der Waals surface area contributed by atoms with E-state index in [1.165, 1.54) is 22.3 Å². The normalized spacial score (nSPS) is 10.4. The molecule has 2 rings (SSSR count). The summed E-state index contributed by atoms with van der Waals surface area (Å²) in [6.07, 6.45) is 0. The summed E-state index contributed by atoms with van der Waals surface area (Å²) >= 11 is 0. The molecular weight excluding hydrogens is 220 g/mol. The number of benzene rings is 2. The van der Waals surface area contributed by atoms with Crippen LogP contribution in [-0.2, 0) is 6.54 Å². The number of anilines is 2. The van der Waals surface area contributed by atoms with Crippen LogP contribution in [0.3, 0.4) is 0 Å². The first-order valence-electron chi connectivity index (χ1n) is 6.23. The average Bonchev–Trinajstić information content (AvgIpc) is 2.30. The monoisotopic (exact) mass is 240 g/mol. The summed E-state index contributed by atoms with van der Waals surface area (Å²) in [5, 5.41) is 3.44. The van der Waals surface area contributed by atoms with E-state index in [9.17, 15) is 0 Å². The highest BCUT2D eigenvalue weighted by Crippen LogP contribution is 2.25. The van der Waals surface area contributed by atoms with Gasteiger partial charge in [0, 0.05) is 6.54 Å². The Hall–Kier alpha value is -1.96. The molecule has 2 nitrogen and oxygen atoms in total. The molecule has 0 aromatic heterocycles. The van der Waals surface area contributed by atoms with Crippen molar-refractivity contribution in [3.05, 3.63) is 58.7 Å². The van der Waals surface area contributed by atoms with E-state index in [0.717, 1.165) is 17.9 Å². The van der Waals surface area contributed by atoms with Crippen LogP contribution in [-0.4, -0.2) is 0 Å². The smallest absolute Gasteiger partial charge is 0.0606 e. The fraction of sp³-hybridized carbons (Fsp3) is 0.250. The Morgan fingerprint density at radius 3 is 2.39 bits per heavy atom. The largest absolute Gasteiger partial charge is 0.397 e. The Labute approximate surface area is 109 Å². The third kappa shape index (κ3) is 2.65. The maximum atomic E-state index is 6.06.